The van der Waals surface area contributed by atoms with E-state index in [1.807, 2.05) is 65.5 Å². The predicted molar refractivity (Wildman–Crippen MR) is 86.7 cm³/mol. The Bertz CT molecular complexity index is 972. The zero-order valence-electron chi connectivity index (χ0n) is 12.1. The Labute approximate surface area is 132 Å². The molecule has 0 fully saturated rings. The molecule has 0 aliphatic carbocycles. The number of nitrogens with one attached hydrogen (secondary N) is 1. The third kappa shape index (κ3) is 2.46. The Morgan fingerprint density at radius 2 is 1.74 bits per heavy atom. The van der Waals surface area contributed by atoms with Crippen molar-refractivity contribution < 1.29 is 4.79 Å². The first-order valence-corrected chi connectivity index (χ1v) is 7.16. The van der Waals surface area contributed by atoms with Crippen molar-refractivity contribution in [1.29, 1.82) is 0 Å². The molecule has 0 radical (unpaired) electrons. The number of pyridine rings is 1. The lowest BCUT2D eigenvalue weighted by atomic mass is 10.2. The summed E-state index contributed by atoms with van der Waals surface area (Å²) < 4.78 is 3.68. The Kier molecular flexibility index (Phi) is 3.12. The molecule has 0 bridgehead atoms. The first-order chi connectivity index (χ1) is 11.3. The molecule has 0 atom stereocenters. The molecular weight excluding hydrogens is 290 g/mol. The predicted octanol–water partition coefficient (Wildman–Crippen LogP) is 2.77. The van der Waals surface area contributed by atoms with E-state index in [9.17, 15) is 4.79 Å². The van der Waals surface area contributed by atoms with Crippen LogP contribution in [-0.2, 0) is 0 Å². The molecule has 3 heterocycles. The summed E-state index contributed by atoms with van der Waals surface area (Å²) >= 11 is 0. The van der Waals surface area contributed by atoms with Gasteiger partial charge in [0.25, 0.3) is 5.91 Å². The highest BCUT2D eigenvalue weighted by molar-refractivity contribution is 6.03. The van der Waals surface area contributed by atoms with E-state index in [1.165, 1.54) is 0 Å². The maximum Gasteiger partial charge on any atom is 0.258 e. The van der Waals surface area contributed by atoms with E-state index in [-0.39, 0.29) is 5.91 Å². The summed E-state index contributed by atoms with van der Waals surface area (Å²) in [7, 11) is 0. The van der Waals surface area contributed by atoms with Crippen molar-refractivity contribution in [1.82, 2.24) is 19.2 Å². The second-order valence-electron chi connectivity index (χ2n) is 5.05. The monoisotopic (exact) mass is 303 g/mol. The minimum atomic E-state index is -0.225. The highest BCUT2D eigenvalue weighted by atomic mass is 16.1. The van der Waals surface area contributed by atoms with E-state index in [4.69, 9.17) is 0 Å². The zero-order valence-corrected chi connectivity index (χ0v) is 12.1. The fourth-order valence-corrected chi connectivity index (χ4v) is 2.41. The van der Waals surface area contributed by atoms with Crippen LogP contribution in [0.1, 0.15) is 10.4 Å². The quantitative estimate of drug-likeness (QED) is 0.633. The number of rotatable bonds is 3. The number of benzene rings is 1. The molecule has 3 aromatic heterocycles. The molecule has 4 aromatic rings. The van der Waals surface area contributed by atoms with E-state index in [0.29, 0.717) is 17.2 Å². The third-order valence-electron chi connectivity index (χ3n) is 3.55. The second-order valence-corrected chi connectivity index (χ2v) is 5.05. The zero-order chi connectivity index (χ0) is 15.6. The number of hydrogen-bond acceptors (Lipinski definition) is 3. The molecule has 0 saturated heterocycles. The fourth-order valence-electron chi connectivity index (χ4n) is 2.41. The molecule has 0 aliphatic heterocycles. The Morgan fingerprint density at radius 3 is 2.61 bits per heavy atom. The van der Waals surface area contributed by atoms with Crippen molar-refractivity contribution in [2.45, 2.75) is 0 Å². The molecule has 0 aliphatic rings. The number of carbonyl (C=O) groups excluding carboxylic acids is 1. The lowest BCUT2D eigenvalue weighted by molar-refractivity contribution is 0.102. The molecule has 0 spiro atoms. The van der Waals surface area contributed by atoms with Gasteiger partial charge in [-0.05, 0) is 42.5 Å². The summed E-state index contributed by atoms with van der Waals surface area (Å²) in [5, 5.41) is 10.8. The van der Waals surface area contributed by atoms with Gasteiger partial charge in [-0.25, -0.2) is 0 Å². The van der Waals surface area contributed by atoms with E-state index < -0.39 is 0 Å². The average Bonchev–Trinajstić information content (AvgIpc) is 3.25. The van der Waals surface area contributed by atoms with E-state index in [1.54, 1.807) is 16.7 Å². The van der Waals surface area contributed by atoms with Crippen molar-refractivity contribution in [3.63, 3.8) is 0 Å². The minimum Gasteiger partial charge on any atom is -0.324 e. The van der Waals surface area contributed by atoms with Gasteiger partial charge in [0.05, 0.1) is 0 Å². The van der Waals surface area contributed by atoms with Crippen LogP contribution in [0.5, 0.6) is 0 Å². The minimum absolute atomic E-state index is 0.225. The largest absolute Gasteiger partial charge is 0.324 e. The summed E-state index contributed by atoms with van der Waals surface area (Å²) in [6.45, 7) is 0. The van der Waals surface area contributed by atoms with Crippen LogP contribution in [0.15, 0.2) is 73.2 Å². The number of carbonyl (C=O) groups is 1. The molecule has 112 valence electrons. The van der Waals surface area contributed by atoms with E-state index in [0.717, 1.165) is 5.69 Å². The van der Waals surface area contributed by atoms with Crippen molar-refractivity contribution in [2.75, 3.05) is 5.32 Å². The lowest BCUT2D eigenvalue weighted by Gasteiger charge is -2.07. The molecule has 1 N–H and O–H groups in total. The molecular formula is C17H13N5O. The van der Waals surface area contributed by atoms with Gasteiger partial charge in [0.2, 0.25) is 5.95 Å². The first kappa shape index (κ1) is 13.3. The van der Waals surface area contributed by atoms with Crippen LogP contribution >= 0.6 is 0 Å². The number of aromatic nitrogens is 4. The molecule has 6 nitrogen and oxygen atoms in total. The van der Waals surface area contributed by atoms with Crippen LogP contribution in [-0.4, -0.2) is 25.1 Å². The Morgan fingerprint density at radius 1 is 0.913 bits per heavy atom. The van der Waals surface area contributed by atoms with Crippen LogP contribution in [0.25, 0.3) is 11.3 Å². The van der Waals surface area contributed by atoms with E-state index >= 15 is 0 Å². The van der Waals surface area contributed by atoms with Crippen LogP contribution in [0.2, 0.25) is 0 Å². The summed E-state index contributed by atoms with van der Waals surface area (Å²) in [6.07, 6.45) is 5.67. The van der Waals surface area contributed by atoms with Gasteiger partial charge in [0.1, 0.15) is 0 Å². The van der Waals surface area contributed by atoms with Crippen molar-refractivity contribution >= 4 is 17.5 Å². The molecule has 23 heavy (non-hydrogen) atoms. The maximum absolute atomic E-state index is 12.5. The van der Waals surface area contributed by atoms with Crippen LogP contribution in [0.4, 0.5) is 5.95 Å². The number of fused-ring (bicyclic) bond motifs is 1. The standard InChI is InChI=1S/C17H13N5O/c23-16(18-17-20-19-15-8-1-2-11-22(15)17)13-6-5-7-14(12-13)21-9-3-4-10-21/h1-12H,(H,18,20,23). The average molecular weight is 303 g/mol. The van der Waals surface area contributed by atoms with Crippen molar-refractivity contribution in [3.05, 3.63) is 78.8 Å². The lowest BCUT2D eigenvalue weighted by Crippen LogP contribution is -2.14. The van der Waals surface area contributed by atoms with Gasteiger partial charge in [-0.3, -0.25) is 14.5 Å². The van der Waals surface area contributed by atoms with E-state index in [2.05, 4.69) is 15.5 Å². The maximum atomic E-state index is 12.5. The van der Waals surface area contributed by atoms with Gasteiger partial charge in [0.15, 0.2) is 5.65 Å². The third-order valence-corrected chi connectivity index (χ3v) is 3.55. The summed E-state index contributed by atoms with van der Waals surface area (Å²) in [4.78, 5) is 12.5. The first-order valence-electron chi connectivity index (χ1n) is 7.16. The van der Waals surface area contributed by atoms with Crippen molar-refractivity contribution in [3.8, 4) is 5.69 Å². The van der Waals surface area contributed by atoms with Crippen molar-refractivity contribution in [2.24, 2.45) is 0 Å². The van der Waals surface area contributed by atoms with Crippen LogP contribution in [0, 0.1) is 0 Å². The molecule has 4 rings (SSSR count). The van der Waals surface area contributed by atoms with Gasteiger partial charge in [-0.2, -0.15) is 0 Å². The molecule has 1 aromatic carbocycles. The summed E-state index contributed by atoms with van der Waals surface area (Å²) in [6, 6.07) is 16.8. The van der Waals surface area contributed by atoms with Gasteiger partial charge in [0, 0.05) is 29.8 Å². The number of anilines is 1. The SMILES string of the molecule is O=C(Nc1nnc2ccccn12)c1cccc(-n2cccc2)c1. The normalized spacial score (nSPS) is 10.8. The van der Waals surface area contributed by atoms with Crippen LogP contribution < -0.4 is 5.32 Å². The van der Waals surface area contributed by atoms with Gasteiger partial charge in [-0.15, -0.1) is 10.2 Å². The number of amides is 1. The molecule has 0 saturated carbocycles. The highest BCUT2D eigenvalue weighted by Crippen LogP contribution is 2.13. The molecule has 6 heteroatoms. The van der Waals surface area contributed by atoms with Gasteiger partial charge < -0.3 is 4.57 Å². The second kappa shape index (κ2) is 5.42. The summed E-state index contributed by atoms with van der Waals surface area (Å²) in [5.74, 6) is 0.175. The summed E-state index contributed by atoms with van der Waals surface area (Å²) in [5.41, 5.74) is 2.17. The highest BCUT2D eigenvalue weighted by Gasteiger charge is 2.11. The fraction of sp³-hybridized carbons (Fsp3) is 0. The van der Waals surface area contributed by atoms with Gasteiger partial charge >= 0.3 is 0 Å². The molecule has 0 unspecified atom stereocenters. The topological polar surface area (TPSA) is 64.2 Å². The Balaban J connectivity index is 1.63. The van der Waals surface area contributed by atoms with Gasteiger partial charge in [-0.1, -0.05) is 12.1 Å². The molecule has 1 amide bonds. The number of nitrogens with zero attached hydrogens (tertiary/aromatic N) is 4. The smallest absolute Gasteiger partial charge is 0.258 e. The Hall–Kier alpha value is -3.41. The van der Waals surface area contributed by atoms with Crippen LogP contribution in [0.3, 0.4) is 0 Å². The number of hydrogen-bond donors (Lipinski definition) is 1.